The molecule has 0 saturated carbocycles. The highest BCUT2D eigenvalue weighted by atomic mass is 16.2. The first-order valence-corrected chi connectivity index (χ1v) is 16.2. The van der Waals surface area contributed by atoms with Gasteiger partial charge in [-0.05, 0) is 55.6 Å². The van der Waals surface area contributed by atoms with Crippen LogP contribution in [0.5, 0.6) is 0 Å². The molecule has 1 aromatic carbocycles. The third-order valence-electron chi connectivity index (χ3n) is 8.45. The summed E-state index contributed by atoms with van der Waals surface area (Å²) in [6.07, 6.45) is 1.82. The van der Waals surface area contributed by atoms with Gasteiger partial charge in [-0.15, -0.1) is 0 Å². The minimum absolute atomic E-state index is 0.0469. The molecule has 2 aliphatic rings. The number of nitrogens with one attached hydrogen (secondary N) is 4. The van der Waals surface area contributed by atoms with Crippen molar-refractivity contribution in [2.75, 3.05) is 6.54 Å². The second kappa shape index (κ2) is 14.8. The Morgan fingerprint density at radius 2 is 1.31 bits per heavy atom. The summed E-state index contributed by atoms with van der Waals surface area (Å²) >= 11 is 0. The zero-order valence-electron chi connectivity index (χ0n) is 27.3. The van der Waals surface area contributed by atoms with Crippen molar-refractivity contribution < 1.29 is 24.0 Å². The summed E-state index contributed by atoms with van der Waals surface area (Å²) in [5.74, 6) is -2.44. The number of benzene rings is 1. The van der Waals surface area contributed by atoms with Gasteiger partial charge in [0.05, 0.1) is 5.52 Å². The van der Waals surface area contributed by atoms with Crippen molar-refractivity contribution in [1.29, 1.82) is 0 Å². The highest BCUT2D eigenvalue weighted by Crippen LogP contribution is 2.22. The van der Waals surface area contributed by atoms with Crippen LogP contribution < -0.4 is 21.3 Å². The number of amides is 5. The molecule has 2 fully saturated rings. The van der Waals surface area contributed by atoms with Crippen molar-refractivity contribution >= 4 is 40.4 Å². The summed E-state index contributed by atoms with van der Waals surface area (Å²) in [5, 5.41) is 12.5. The number of carbonyl (C=O) groups excluding carboxylic acids is 5. The molecule has 11 nitrogen and oxygen atoms in total. The molecule has 0 spiro atoms. The Morgan fingerprint density at radius 3 is 1.93 bits per heavy atom. The van der Waals surface area contributed by atoms with Gasteiger partial charge >= 0.3 is 0 Å². The molecule has 0 unspecified atom stereocenters. The van der Waals surface area contributed by atoms with Crippen molar-refractivity contribution in [2.45, 2.75) is 104 Å². The fourth-order valence-electron chi connectivity index (χ4n) is 6.11. The summed E-state index contributed by atoms with van der Waals surface area (Å²) in [5.41, 5.74) is 1.36. The number of rotatable bonds is 7. The smallest absolute Gasteiger partial charge is 0.246 e. The Bertz CT molecular complexity index is 1410. The Kier molecular flexibility index (Phi) is 11.2. The van der Waals surface area contributed by atoms with Crippen LogP contribution in [-0.4, -0.2) is 76.2 Å². The van der Waals surface area contributed by atoms with E-state index in [0.717, 1.165) is 10.9 Å². The van der Waals surface area contributed by atoms with Gasteiger partial charge in [0.1, 0.15) is 30.2 Å². The molecule has 2 saturated heterocycles. The monoisotopic (exact) mass is 620 g/mol. The second-order valence-corrected chi connectivity index (χ2v) is 13.6. The predicted molar refractivity (Wildman–Crippen MR) is 172 cm³/mol. The van der Waals surface area contributed by atoms with Gasteiger partial charge in [0, 0.05) is 24.0 Å². The highest BCUT2D eigenvalue weighted by molar-refractivity contribution is 5.98. The highest BCUT2D eigenvalue weighted by Gasteiger charge is 2.41. The summed E-state index contributed by atoms with van der Waals surface area (Å²) in [7, 11) is 0. The number of fused-ring (bicyclic) bond motifs is 2. The van der Waals surface area contributed by atoms with Crippen molar-refractivity contribution in [3.05, 3.63) is 42.1 Å². The van der Waals surface area contributed by atoms with Crippen LogP contribution in [-0.2, 0) is 30.4 Å². The number of para-hydroxylation sites is 1. The van der Waals surface area contributed by atoms with Crippen LogP contribution >= 0.6 is 0 Å². The molecule has 3 heterocycles. The third-order valence-corrected chi connectivity index (χ3v) is 8.45. The van der Waals surface area contributed by atoms with Crippen molar-refractivity contribution in [1.82, 2.24) is 31.2 Å². The van der Waals surface area contributed by atoms with Crippen LogP contribution in [0.25, 0.3) is 10.9 Å². The zero-order valence-corrected chi connectivity index (χ0v) is 27.3. The second-order valence-electron chi connectivity index (χ2n) is 13.6. The quantitative estimate of drug-likeness (QED) is 0.374. The van der Waals surface area contributed by atoms with Crippen molar-refractivity contribution in [3.63, 3.8) is 0 Å². The van der Waals surface area contributed by atoms with E-state index in [4.69, 9.17) is 4.98 Å². The van der Waals surface area contributed by atoms with Gasteiger partial charge in [-0.1, -0.05) is 65.8 Å². The van der Waals surface area contributed by atoms with Gasteiger partial charge < -0.3 is 26.2 Å². The van der Waals surface area contributed by atoms with Crippen LogP contribution in [0.2, 0.25) is 0 Å². The number of nitrogens with zero attached hydrogens (tertiary/aromatic N) is 2. The molecule has 5 amide bonds. The van der Waals surface area contributed by atoms with Crippen LogP contribution in [0.1, 0.15) is 72.9 Å². The molecule has 4 N–H and O–H groups in total. The molecule has 4 rings (SSSR count). The summed E-state index contributed by atoms with van der Waals surface area (Å²) < 4.78 is 0. The number of carbonyl (C=O) groups is 5. The Labute approximate surface area is 265 Å². The normalized spacial score (nSPS) is 25.5. The van der Waals surface area contributed by atoms with Crippen LogP contribution in [0, 0.1) is 17.8 Å². The average molecular weight is 621 g/mol. The van der Waals surface area contributed by atoms with E-state index >= 15 is 0 Å². The molecular formula is C34H48N6O5. The molecule has 0 radical (unpaired) electrons. The Morgan fingerprint density at radius 1 is 0.733 bits per heavy atom. The van der Waals surface area contributed by atoms with Crippen LogP contribution in [0.3, 0.4) is 0 Å². The molecule has 2 aliphatic heterocycles. The third kappa shape index (κ3) is 8.58. The first kappa shape index (κ1) is 33.9. The standard InChI is InChI=1S/C34H48N6O5/c1-19(2)16-25-30(41)37-26(17-20(3)4)32(43)39-29(21(5)6)34(45)40-15-9-12-28(40)33(44)38-27(31(42)36-25)18-23-14-13-22-10-7-8-11-24(22)35-23/h7-8,10-11,13-14,19-21,25-29H,9,12,15-18H2,1-6H3,(H,36,42)(H,37,41)(H,38,44)(H,39,43)/t25-,26-,27-,28-,29-/m0/s1. The number of pyridine rings is 1. The van der Waals surface area contributed by atoms with E-state index in [9.17, 15) is 24.0 Å². The SMILES string of the molecule is CC(C)C[C@@H]1NC(=O)[C@H](Cc2ccc3ccccc3n2)NC(=O)[C@@H]2CCCN2C(=O)[C@H](C(C)C)NC(=O)[C@H](CC(C)C)NC1=O. The van der Waals surface area contributed by atoms with Gasteiger partial charge in [-0.3, -0.25) is 29.0 Å². The Hall–Kier alpha value is -4.02. The molecule has 45 heavy (non-hydrogen) atoms. The zero-order chi connectivity index (χ0) is 32.8. The van der Waals surface area contributed by atoms with E-state index in [1.165, 1.54) is 4.90 Å². The van der Waals surface area contributed by atoms with E-state index in [1.54, 1.807) is 0 Å². The maximum absolute atomic E-state index is 13.9. The molecule has 5 atom stereocenters. The molecule has 0 aliphatic carbocycles. The number of hydrogen-bond donors (Lipinski definition) is 4. The lowest BCUT2D eigenvalue weighted by Crippen LogP contribution is -2.59. The van der Waals surface area contributed by atoms with Gasteiger partial charge in [-0.25, -0.2) is 0 Å². The van der Waals surface area contributed by atoms with Crippen LogP contribution in [0.4, 0.5) is 0 Å². The van der Waals surface area contributed by atoms with Crippen LogP contribution in [0.15, 0.2) is 36.4 Å². The maximum atomic E-state index is 13.9. The van der Waals surface area contributed by atoms with Gasteiger partial charge in [0.15, 0.2) is 0 Å². The molecule has 2 aromatic rings. The summed E-state index contributed by atoms with van der Waals surface area (Å²) in [6.45, 7) is 11.8. The number of hydrogen-bond acceptors (Lipinski definition) is 6. The molecule has 11 heteroatoms. The van der Waals surface area contributed by atoms with Gasteiger partial charge in [-0.2, -0.15) is 0 Å². The summed E-state index contributed by atoms with van der Waals surface area (Å²) in [4.78, 5) is 75.2. The lowest BCUT2D eigenvalue weighted by atomic mass is 9.98. The topological polar surface area (TPSA) is 150 Å². The Balaban J connectivity index is 1.74. The first-order valence-electron chi connectivity index (χ1n) is 16.2. The average Bonchev–Trinajstić information content (AvgIpc) is 3.47. The fraction of sp³-hybridized carbons (Fsp3) is 0.588. The van der Waals surface area contributed by atoms with Gasteiger partial charge in [0.2, 0.25) is 29.5 Å². The summed E-state index contributed by atoms with van der Waals surface area (Å²) in [6, 6.07) is 6.79. The van der Waals surface area contributed by atoms with E-state index < -0.39 is 53.8 Å². The van der Waals surface area contributed by atoms with E-state index in [1.807, 2.05) is 77.9 Å². The largest absolute Gasteiger partial charge is 0.343 e. The van der Waals surface area contributed by atoms with E-state index in [0.29, 0.717) is 37.9 Å². The fourth-order valence-corrected chi connectivity index (χ4v) is 6.11. The maximum Gasteiger partial charge on any atom is 0.246 e. The number of aromatic nitrogens is 1. The van der Waals surface area contributed by atoms with Crippen molar-refractivity contribution in [3.8, 4) is 0 Å². The molecule has 1 aromatic heterocycles. The van der Waals surface area contributed by atoms with Gasteiger partial charge in [0.25, 0.3) is 0 Å². The van der Waals surface area contributed by atoms with Crippen molar-refractivity contribution in [2.24, 2.45) is 17.8 Å². The molecular weight excluding hydrogens is 572 g/mol. The lowest BCUT2D eigenvalue weighted by molar-refractivity contribution is -0.143. The molecule has 0 bridgehead atoms. The minimum Gasteiger partial charge on any atom is -0.343 e. The molecule has 244 valence electrons. The predicted octanol–water partition coefficient (Wildman–Crippen LogP) is 2.47. The van der Waals surface area contributed by atoms with E-state index in [2.05, 4.69) is 21.3 Å². The lowest BCUT2D eigenvalue weighted by Gasteiger charge is -2.32. The minimum atomic E-state index is -1.05. The van der Waals surface area contributed by atoms with E-state index in [-0.39, 0.29) is 30.1 Å². The first-order chi connectivity index (χ1) is 21.3.